The van der Waals surface area contributed by atoms with Crippen LogP contribution < -0.4 is 10.6 Å². The van der Waals surface area contributed by atoms with Crippen LogP contribution in [0, 0.1) is 0 Å². The lowest BCUT2D eigenvalue weighted by Crippen LogP contribution is -2.49. The number of aliphatic hydroxyl groups excluding tert-OH is 1. The molecule has 3 N–H and O–H groups in total. The maximum Gasteiger partial charge on any atom is 0.239 e. The Morgan fingerprint density at radius 3 is 2.87 bits per heavy atom. The van der Waals surface area contributed by atoms with Gasteiger partial charge in [0.25, 0.3) is 0 Å². The van der Waals surface area contributed by atoms with Crippen LogP contribution in [0.5, 0.6) is 0 Å². The van der Waals surface area contributed by atoms with Crippen molar-refractivity contribution in [3.8, 4) is 0 Å². The molecule has 2 saturated heterocycles. The van der Waals surface area contributed by atoms with Gasteiger partial charge < -0.3 is 24.6 Å². The minimum Gasteiger partial charge on any atom is -0.467 e. The summed E-state index contributed by atoms with van der Waals surface area (Å²) >= 11 is 0. The lowest BCUT2D eigenvalue weighted by Gasteiger charge is -2.32. The van der Waals surface area contributed by atoms with Crippen molar-refractivity contribution in [3.05, 3.63) is 47.8 Å². The van der Waals surface area contributed by atoms with Crippen LogP contribution in [0.1, 0.15) is 36.5 Å². The number of amides is 2. The highest BCUT2D eigenvalue weighted by molar-refractivity contribution is 5.83. The summed E-state index contributed by atoms with van der Waals surface area (Å²) in [5.41, 5.74) is 0. The van der Waals surface area contributed by atoms with Gasteiger partial charge in [-0.15, -0.1) is 0 Å². The highest BCUT2D eigenvalue weighted by Crippen LogP contribution is 2.29. The van der Waals surface area contributed by atoms with Gasteiger partial charge in [0.1, 0.15) is 29.9 Å². The number of aliphatic hydroxyl groups is 1. The van der Waals surface area contributed by atoms with Crippen LogP contribution in [0.25, 0.3) is 0 Å². The van der Waals surface area contributed by atoms with Gasteiger partial charge in [0.15, 0.2) is 0 Å². The highest BCUT2D eigenvalue weighted by Gasteiger charge is 2.45. The predicted molar refractivity (Wildman–Crippen MR) is 112 cm³/mol. The molecule has 2 aromatic rings. The average Bonchev–Trinajstić information content (AvgIpc) is 3.51. The summed E-state index contributed by atoms with van der Waals surface area (Å²) < 4.78 is 10.9. The van der Waals surface area contributed by atoms with Gasteiger partial charge in [0.05, 0.1) is 19.4 Å². The van der Waals surface area contributed by atoms with Crippen LogP contribution in [0.3, 0.4) is 0 Å². The molecule has 0 radical (unpaired) electrons. The fraction of sp³-hybridized carbons (Fsp3) is 0.545. The maximum atomic E-state index is 12.9. The molecule has 0 saturated carbocycles. The van der Waals surface area contributed by atoms with Crippen molar-refractivity contribution in [1.29, 1.82) is 0 Å². The fourth-order valence-electron chi connectivity index (χ4n) is 4.60. The fourth-order valence-corrected chi connectivity index (χ4v) is 4.60. The standard InChI is InChI=1S/C22H30N4O5/c1-25-15(4-7-20(28)23-12-16-3-2-10-30-16)11-24-22(29)21-19(25)8-9-26(21)13-17-5-6-18(14-27)31-17/h2-3,5-6,10,15,19,21,27H,4,7-9,11-14H2,1H3,(H,23,28)(H,24,29). The van der Waals surface area contributed by atoms with Gasteiger partial charge in [-0.25, -0.2) is 0 Å². The van der Waals surface area contributed by atoms with E-state index in [1.54, 1.807) is 18.4 Å². The summed E-state index contributed by atoms with van der Waals surface area (Å²) in [6.45, 7) is 2.09. The zero-order valence-corrected chi connectivity index (χ0v) is 17.8. The van der Waals surface area contributed by atoms with Crippen molar-refractivity contribution in [1.82, 2.24) is 20.4 Å². The average molecular weight is 431 g/mol. The Kier molecular flexibility index (Phi) is 6.74. The molecule has 168 valence electrons. The summed E-state index contributed by atoms with van der Waals surface area (Å²) in [6, 6.07) is 7.16. The predicted octanol–water partition coefficient (Wildman–Crippen LogP) is 0.835. The Morgan fingerprint density at radius 2 is 2.13 bits per heavy atom. The summed E-state index contributed by atoms with van der Waals surface area (Å²) in [5.74, 6) is 1.99. The second kappa shape index (κ2) is 9.67. The molecule has 9 nitrogen and oxygen atoms in total. The molecule has 2 amide bonds. The molecule has 0 aliphatic carbocycles. The van der Waals surface area contributed by atoms with E-state index in [1.807, 2.05) is 19.2 Å². The number of carbonyl (C=O) groups is 2. The molecule has 0 bridgehead atoms. The minimum absolute atomic E-state index is 0.0214. The van der Waals surface area contributed by atoms with Crippen LogP contribution >= 0.6 is 0 Å². The molecule has 0 spiro atoms. The van der Waals surface area contributed by atoms with Gasteiger partial charge in [-0.05, 0) is 44.2 Å². The number of nitrogens with one attached hydrogen (secondary N) is 2. The molecule has 2 aliphatic rings. The highest BCUT2D eigenvalue weighted by atomic mass is 16.4. The molecule has 4 rings (SSSR count). The van der Waals surface area contributed by atoms with Crippen molar-refractivity contribution >= 4 is 11.8 Å². The second-order valence-electron chi connectivity index (χ2n) is 8.26. The smallest absolute Gasteiger partial charge is 0.239 e. The third-order valence-electron chi connectivity index (χ3n) is 6.33. The number of hydrogen-bond donors (Lipinski definition) is 3. The molecule has 2 fully saturated rings. The molecule has 2 aliphatic heterocycles. The molecule has 0 aromatic carbocycles. The van der Waals surface area contributed by atoms with Crippen LogP contribution in [-0.4, -0.2) is 65.0 Å². The van der Waals surface area contributed by atoms with Crippen LogP contribution in [0.15, 0.2) is 39.4 Å². The number of nitrogens with zero attached hydrogens (tertiary/aromatic N) is 2. The number of likely N-dealkylation sites (N-methyl/N-ethyl adjacent to an activating group) is 1. The largest absolute Gasteiger partial charge is 0.467 e. The molecular weight excluding hydrogens is 400 g/mol. The molecule has 4 heterocycles. The number of hydrogen-bond acceptors (Lipinski definition) is 7. The molecular formula is C22H30N4O5. The number of rotatable bonds is 8. The Labute approximate surface area is 181 Å². The first-order valence-electron chi connectivity index (χ1n) is 10.8. The zero-order chi connectivity index (χ0) is 21.8. The third-order valence-corrected chi connectivity index (χ3v) is 6.33. The molecule has 2 aromatic heterocycles. The van der Waals surface area contributed by atoms with Gasteiger partial charge in [-0.1, -0.05) is 0 Å². The van der Waals surface area contributed by atoms with E-state index in [2.05, 4.69) is 20.4 Å². The topological polar surface area (TPSA) is 111 Å². The van der Waals surface area contributed by atoms with Gasteiger partial charge in [0.2, 0.25) is 11.8 Å². The van der Waals surface area contributed by atoms with Crippen molar-refractivity contribution in [3.63, 3.8) is 0 Å². The van der Waals surface area contributed by atoms with Crippen molar-refractivity contribution in [2.75, 3.05) is 20.1 Å². The summed E-state index contributed by atoms with van der Waals surface area (Å²) in [6.07, 6.45) is 3.53. The number of fused-ring (bicyclic) bond motifs is 1. The Balaban J connectivity index is 1.33. The van der Waals surface area contributed by atoms with Crippen LogP contribution in [0.4, 0.5) is 0 Å². The zero-order valence-electron chi connectivity index (χ0n) is 17.8. The van der Waals surface area contributed by atoms with Gasteiger partial charge in [-0.2, -0.15) is 0 Å². The molecule has 9 heteroatoms. The first kappa shape index (κ1) is 21.6. The quantitative estimate of drug-likeness (QED) is 0.569. The minimum atomic E-state index is -0.259. The first-order chi connectivity index (χ1) is 15.0. The van der Waals surface area contributed by atoms with Gasteiger partial charge in [0, 0.05) is 31.6 Å². The monoisotopic (exact) mass is 430 g/mol. The van der Waals surface area contributed by atoms with Crippen molar-refractivity contribution in [2.45, 2.75) is 57.1 Å². The van der Waals surface area contributed by atoms with E-state index in [-0.39, 0.29) is 36.5 Å². The Bertz CT molecular complexity index is 880. The summed E-state index contributed by atoms with van der Waals surface area (Å²) in [7, 11) is 2.05. The lowest BCUT2D eigenvalue weighted by atomic mass is 10.0. The Morgan fingerprint density at radius 1 is 1.29 bits per heavy atom. The van der Waals surface area contributed by atoms with E-state index in [1.165, 1.54) is 0 Å². The van der Waals surface area contributed by atoms with E-state index in [4.69, 9.17) is 8.83 Å². The SMILES string of the molecule is CN1C(CCC(=O)NCc2ccco2)CNC(=O)C2C1CCN2Cc1ccc(CO)o1. The molecule has 3 unspecified atom stereocenters. The Hall–Kier alpha value is -2.62. The number of furan rings is 2. The van der Waals surface area contributed by atoms with Crippen LogP contribution in [0.2, 0.25) is 0 Å². The van der Waals surface area contributed by atoms with E-state index in [0.29, 0.717) is 38.2 Å². The second-order valence-corrected chi connectivity index (χ2v) is 8.26. The number of carbonyl (C=O) groups excluding carboxylic acids is 2. The van der Waals surface area contributed by atoms with E-state index < -0.39 is 0 Å². The first-order valence-corrected chi connectivity index (χ1v) is 10.8. The molecule has 31 heavy (non-hydrogen) atoms. The van der Waals surface area contributed by atoms with Crippen LogP contribution in [-0.2, 0) is 29.3 Å². The molecule has 3 atom stereocenters. The summed E-state index contributed by atoms with van der Waals surface area (Å²) in [5, 5.41) is 15.1. The van der Waals surface area contributed by atoms with Gasteiger partial charge in [-0.3, -0.25) is 19.4 Å². The lowest BCUT2D eigenvalue weighted by molar-refractivity contribution is -0.126. The third kappa shape index (κ3) is 5.00. The van der Waals surface area contributed by atoms with Crippen molar-refractivity contribution < 1.29 is 23.5 Å². The van der Waals surface area contributed by atoms with E-state index >= 15 is 0 Å². The van der Waals surface area contributed by atoms with Crippen molar-refractivity contribution in [2.24, 2.45) is 0 Å². The summed E-state index contributed by atoms with van der Waals surface area (Å²) in [4.78, 5) is 29.5. The normalized spacial score (nSPS) is 24.6. The van der Waals surface area contributed by atoms with Gasteiger partial charge >= 0.3 is 0 Å². The van der Waals surface area contributed by atoms with E-state index in [9.17, 15) is 14.7 Å². The number of likely N-dealkylation sites (tertiary alicyclic amines) is 1. The maximum absolute atomic E-state index is 12.9. The van der Waals surface area contributed by atoms with E-state index in [0.717, 1.165) is 24.5 Å².